The summed E-state index contributed by atoms with van der Waals surface area (Å²) in [5, 5.41) is 7.82. The van der Waals surface area contributed by atoms with Crippen LogP contribution in [0.25, 0.3) is 0 Å². The number of methoxy groups -OCH3 is 1. The van der Waals surface area contributed by atoms with Crippen molar-refractivity contribution in [2.24, 2.45) is 0 Å². The van der Waals surface area contributed by atoms with Crippen molar-refractivity contribution in [3.05, 3.63) is 71.1 Å². The van der Waals surface area contributed by atoms with E-state index in [-0.39, 0.29) is 22.0 Å². The number of aryl methyl sites for hydroxylation is 1. The minimum Gasteiger partial charge on any atom is -0.382 e. The van der Waals surface area contributed by atoms with Gasteiger partial charge in [-0.2, -0.15) is 17.8 Å². The van der Waals surface area contributed by atoms with Gasteiger partial charge in [0.05, 0.1) is 23.6 Å². The van der Waals surface area contributed by atoms with Gasteiger partial charge in [-0.3, -0.25) is 9.35 Å². The molecule has 40 heavy (non-hydrogen) atoms. The van der Waals surface area contributed by atoms with Crippen LogP contribution in [0.5, 0.6) is 0 Å². The van der Waals surface area contributed by atoms with Crippen molar-refractivity contribution >= 4 is 21.7 Å². The van der Waals surface area contributed by atoms with Crippen molar-refractivity contribution in [2.45, 2.75) is 56.6 Å². The predicted octanol–water partition coefficient (Wildman–Crippen LogP) is 2.32. The number of nitrogens with zero attached hydrogens (tertiary/aromatic N) is 6. The molecule has 2 heterocycles. The summed E-state index contributed by atoms with van der Waals surface area (Å²) in [6, 6.07) is 17.3. The van der Waals surface area contributed by atoms with E-state index < -0.39 is 10.1 Å². The number of tetrazole rings is 1. The number of aromatic nitrogens is 4. The molecule has 12 nitrogen and oxygen atoms in total. The van der Waals surface area contributed by atoms with Crippen LogP contribution in [0.2, 0.25) is 0 Å². The van der Waals surface area contributed by atoms with Crippen LogP contribution in [0, 0.1) is 0 Å². The number of hydrogen-bond acceptors (Lipinski definition) is 8. The molecular formula is C27H38N6O6S. The van der Waals surface area contributed by atoms with E-state index in [0.717, 1.165) is 38.2 Å². The fraction of sp³-hybridized carbons (Fsp3) is 0.481. The summed E-state index contributed by atoms with van der Waals surface area (Å²) in [4.78, 5) is 29.3. The molecule has 3 aromatic rings. The number of para-hydroxylation sites is 1. The van der Waals surface area contributed by atoms with Crippen LogP contribution < -0.4 is 10.6 Å². The van der Waals surface area contributed by atoms with Crippen LogP contribution in [0.1, 0.15) is 33.1 Å². The Kier molecular flexibility index (Phi) is 11.1. The Morgan fingerprint density at radius 1 is 0.975 bits per heavy atom. The standard InChI is InChI=1S/C21H32N6O3.C6H6O3S/c1-4-19(28)27(18-9-7-6-8-10-18)21(17-30-3)11-13-24(14-12-21)15-16-26-20(29)25(5-2)22-23-26;7-10(8,9)6-4-2-1-3-5-6/h6-10H,4-5,11-17H2,1-3H3;1-5H,(H,7,8,9). The molecule has 2 aromatic carbocycles. The predicted molar refractivity (Wildman–Crippen MR) is 151 cm³/mol. The van der Waals surface area contributed by atoms with Gasteiger partial charge in [0.15, 0.2) is 0 Å². The number of ether oxygens (including phenoxy) is 1. The maximum atomic E-state index is 13.0. The van der Waals surface area contributed by atoms with E-state index in [0.29, 0.717) is 26.1 Å². The zero-order valence-electron chi connectivity index (χ0n) is 23.2. The molecule has 13 heteroatoms. The lowest BCUT2D eigenvalue weighted by atomic mass is 9.85. The number of rotatable bonds is 10. The van der Waals surface area contributed by atoms with Gasteiger partial charge in [0.2, 0.25) is 5.91 Å². The first-order valence-electron chi connectivity index (χ1n) is 13.3. The number of carbonyl (C=O) groups is 1. The Morgan fingerprint density at radius 3 is 2.02 bits per heavy atom. The highest BCUT2D eigenvalue weighted by molar-refractivity contribution is 7.85. The topological polar surface area (TPSA) is 140 Å². The van der Waals surface area contributed by atoms with E-state index in [9.17, 15) is 18.0 Å². The molecule has 218 valence electrons. The lowest BCUT2D eigenvalue weighted by Crippen LogP contribution is -2.60. The van der Waals surface area contributed by atoms with Gasteiger partial charge in [0, 0.05) is 45.4 Å². The number of piperidine rings is 1. The average molecular weight is 575 g/mol. The normalized spacial score (nSPS) is 15.2. The molecule has 1 aliphatic heterocycles. The summed E-state index contributed by atoms with van der Waals surface area (Å²) in [5.41, 5.74) is 0.367. The molecule has 0 saturated carbocycles. The smallest absolute Gasteiger partial charge is 0.363 e. The van der Waals surface area contributed by atoms with E-state index >= 15 is 0 Å². The third-order valence-electron chi connectivity index (χ3n) is 6.91. The summed E-state index contributed by atoms with van der Waals surface area (Å²) < 4.78 is 37.6. The van der Waals surface area contributed by atoms with Gasteiger partial charge < -0.3 is 14.5 Å². The van der Waals surface area contributed by atoms with E-state index in [1.807, 2.05) is 49.1 Å². The van der Waals surface area contributed by atoms with Crippen LogP contribution in [0.3, 0.4) is 0 Å². The second-order valence-corrected chi connectivity index (χ2v) is 10.9. The van der Waals surface area contributed by atoms with Crippen molar-refractivity contribution < 1.29 is 22.5 Å². The van der Waals surface area contributed by atoms with Crippen LogP contribution in [0.4, 0.5) is 5.69 Å². The highest BCUT2D eigenvalue weighted by Gasteiger charge is 2.42. The lowest BCUT2D eigenvalue weighted by Gasteiger charge is -2.48. The third kappa shape index (κ3) is 7.84. The molecule has 1 N–H and O–H groups in total. The molecule has 4 rings (SSSR count). The fourth-order valence-corrected chi connectivity index (χ4v) is 5.29. The SMILES string of the molecule is CCC(=O)N(c1ccccc1)C1(COC)CCN(CCn2nnn(CC)c2=O)CC1.O=S(=O)(O)c1ccccc1. The summed E-state index contributed by atoms with van der Waals surface area (Å²) >= 11 is 0. The molecule has 0 spiro atoms. The molecule has 1 saturated heterocycles. The summed E-state index contributed by atoms with van der Waals surface area (Å²) in [5.74, 6) is 0.106. The van der Waals surface area contributed by atoms with Crippen LogP contribution in [0.15, 0.2) is 70.4 Å². The first-order chi connectivity index (χ1) is 19.1. The summed E-state index contributed by atoms with van der Waals surface area (Å²) in [6.45, 7) is 7.64. The van der Waals surface area contributed by atoms with Gasteiger partial charge in [-0.1, -0.05) is 43.3 Å². The molecule has 0 radical (unpaired) electrons. The number of amides is 1. The van der Waals surface area contributed by atoms with Crippen LogP contribution in [-0.4, -0.2) is 82.5 Å². The van der Waals surface area contributed by atoms with Gasteiger partial charge in [-0.25, -0.2) is 4.79 Å². The minimum atomic E-state index is -4.00. The molecule has 0 bridgehead atoms. The van der Waals surface area contributed by atoms with Crippen LogP contribution >= 0.6 is 0 Å². The van der Waals surface area contributed by atoms with E-state index in [4.69, 9.17) is 9.29 Å². The molecule has 0 unspecified atom stereocenters. The van der Waals surface area contributed by atoms with Crippen molar-refractivity contribution in [1.82, 2.24) is 24.7 Å². The second kappa shape index (κ2) is 14.3. The highest BCUT2D eigenvalue weighted by atomic mass is 32.2. The zero-order chi connectivity index (χ0) is 29.2. The Hall–Kier alpha value is -3.39. The highest BCUT2D eigenvalue weighted by Crippen LogP contribution is 2.34. The minimum absolute atomic E-state index is 0.0741. The quantitative estimate of drug-likeness (QED) is 0.361. The molecule has 0 atom stereocenters. The lowest BCUT2D eigenvalue weighted by molar-refractivity contribution is -0.120. The Morgan fingerprint density at radius 2 is 1.55 bits per heavy atom. The summed E-state index contributed by atoms with van der Waals surface area (Å²) in [6.07, 6.45) is 2.05. The Balaban J connectivity index is 0.000000371. The summed E-state index contributed by atoms with van der Waals surface area (Å²) in [7, 11) is -2.31. The monoisotopic (exact) mass is 574 g/mol. The zero-order valence-corrected chi connectivity index (χ0v) is 24.0. The molecule has 1 fully saturated rings. The third-order valence-corrected chi connectivity index (χ3v) is 7.77. The Bertz CT molecular complexity index is 1370. The first-order valence-corrected chi connectivity index (χ1v) is 14.7. The number of anilines is 1. The van der Waals surface area contributed by atoms with E-state index in [2.05, 4.69) is 15.3 Å². The van der Waals surface area contributed by atoms with Gasteiger partial charge >= 0.3 is 5.69 Å². The van der Waals surface area contributed by atoms with E-state index in [1.165, 1.54) is 21.5 Å². The van der Waals surface area contributed by atoms with Gasteiger partial charge in [0.25, 0.3) is 10.1 Å². The maximum Gasteiger partial charge on any atom is 0.363 e. The molecule has 1 amide bonds. The van der Waals surface area contributed by atoms with E-state index in [1.54, 1.807) is 25.3 Å². The van der Waals surface area contributed by atoms with Crippen molar-refractivity contribution in [2.75, 3.05) is 38.3 Å². The molecular weight excluding hydrogens is 536 g/mol. The Labute approximate surface area is 234 Å². The number of likely N-dealkylation sites (tertiary alicyclic amines) is 1. The number of carbonyl (C=O) groups excluding carboxylic acids is 1. The molecule has 1 aromatic heterocycles. The molecule has 1 aliphatic rings. The second-order valence-electron chi connectivity index (χ2n) is 9.51. The van der Waals surface area contributed by atoms with Gasteiger partial charge in [0.1, 0.15) is 0 Å². The maximum absolute atomic E-state index is 13.0. The van der Waals surface area contributed by atoms with Crippen molar-refractivity contribution in [3.63, 3.8) is 0 Å². The largest absolute Gasteiger partial charge is 0.382 e. The number of hydrogen-bond donors (Lipinski definition) is 1. The van der Waals surface area contributed by atoms with Gasteiger partial charge in [-0.05, 0) is 54.5 Å². The fourth-order valence-electron chi connectivity index (χ4n) is 4.79. The average Bonchev–Trinajstić information content (AvgIpc) is 3.33. The molecule has 0 aliphatic carbocycles. The van der Waals surface area contributed by atoms with Gasteiger partial charge in [-0.15, -0.1) is 0 Å². The first kappa shape index (κ1) is 31.1. The van der Waals surface area contributed by atoms with Crippen molar-refractivity contribution in [3.8, 4) is 0 Å². The van der Waals surface area contributed by atoms with Crippen molar-refractivity contribution in [1.29, 1.82) is 0 Å². The van der Waals surface area contributed by atoms with Crippen LogP contribution in [-0.2, 0) is 32.7 Å². The number of benzene rings is 2.